The van der Waals surface area contributed by atoms with Crippen LogP contribution in [0, 0.1) is 11.6 Å². The van der Waals surface area contributed by atoms with E-state index in [-0.39, 0.29) is 13.2 Å². The number of carboxylic acids is 1. The number of carbonyl (C=O) groups excluding carboxylic acids is 1. The molecule has 116 valence electrons. The van der Waals surface area contributed by atoms with Crippen LogP contribution in [0.2, 0.25) is 0 Å². The highest BCUT2D eigenvalue weighted by atomic mass is 19.2. The molecule has 21 heavy (non-hydrogen) atoms. The number of benzene rings is 1. The number of hydrogen-bond donors (Lipinski definition) is 2. The van der Waals surface area contributed by atoms with Gasteiger partial charge in [-0.3, -0.25) is 4.79 Å². The largest absolute Gasteiger partial charge is 0.478 e. The molecule has 1 rings (SSSR count). The molecule has 0 heterocycles. The van der Waals surface area contributed by atoms with Gasteiger partial charge in [0.05, 0.1) is 17.7 Å². The molecule has 1 amide bonds. The summed E-state index contributed by atoms with van der Waals surface area (Å²) in [6.45, 7) is 3.00. The number of carbonyl (C=O) groups is 2. The van der Waals surface area contributed by atoms with Crippen molar-refractivity contribution in [3.8, 4) is 0 Å². The average molecular weight is 301 g/mol. The molecule has 0 bridgehead atoms. The van der Waals surface area contributed by atoms with Crippen molar-refractivity contribution >= 4 is 11.9 Å². The van der Waals surface area contributed by atoms with E-state index >= 15 is 0 Å². The Labute approximate surface area is 120 Å². The SMILES string of the molecule is CCCCOCCNC(=O)c1cc(F)c(F)cc1C(=O)O. The second kappa shape index (κ2) is 8.31. The van der Waals surface area contributed by atoms with Gasteiger partial charge in [0.15, 0.2) is 11.6 Å². The zero-order valence-corrected chi connectivity index (χ0v) is 11.6. The van der Waals surface area contributed by atoms with E-state index in [4.69, 9.17) is 9.84 Å². The second-order valence-electron chi connectivity index (χ2n) is 4.34. The Balaban J connectivity index is 2.65. The Morgan fingerprint density at radius 1 is 1.19 bits per heavy atom. The van der Waals surface area contributed by atoms with Gasteiger partial charge < -0.3 is 15.2 Å². The summed E-state index contributed by atoms with van der Waals surface area (Å²) in [7, 11) is 0. The molecule has 0 unspecified atom stereocenters. The zero-order chi connectivity index (χ0) is 15.8. The van der Waals surface area contributed by atoms with Crippen LogP contribution in [0.3, 0.4) is 0 Å². The molecule has 7 heteroatoms. The number of ether oxygens (including phenoxy) is 1. The van der Waals surface area contributed by atoms with E-state index in [9.17, 15) is 18.4 Å². The standard InChI is InChI=1S/C14H17F2NO4/c1-2-3-5-21-6-4-17-13(18)9-7-11(15)12(16)8-10(9)14(19)20/h7-8H,2-6H2,1H3,(H,17,18)(H,19,20). The molecular formula is C14H17F2NO4. The number of carboxylic acid groups (broad SMARTS) is 1. The van der Waals surface area contributed by atoms with Gasteiger partial charge in [0.1, 0.15) is 0 Å². The summed E-state index contributed by atoms with van der Waals surface area (Å²) in [5, 5.41) is 11.3. The van der Waals surface area contributed by atoms with Crippen LogP contribution in [0.4, 0.5) is 8.78 Å². The Kier molecular flexibility index (Phi) is 6.74. The Bertz CT molecular complexity index is 520. The van der Waals surface area contributed by atoms with E-state index in [1.807, 2.05) is 6.92 Å². The van der Waals surface area contributed by atoms with E-state index in [2.05, 4.69) is 5.32 Å². The normalized spacial score (nSPS) is 10.4. The predicted molar refractivity (Wildman–Crippen MR) is 71.4 cm³/mol. The predicted octanol–water partition coefficient (Wildman–Crippen LogP) is 2.21. The molecule has 0 aliphatic carbocycles. The molecule has 0 radical (unpaired) electrons. The van der Waals surface area contributed by atoms with E-state index in [1.165, 1.54) is 0 Å². The lowest BCUT2D eigenvalue weighted by Gasteiger charge is -2.09. The lowest BCUT2D eigenvalue weighted by atomic mass is 10.1. The van der Waals surface area contributed by atoms with Gasteiger partial charge in [-0.15, -0.1) is 0 Å². The third-order valence-electron chi connectivity index (χ3n) is 2.71. The van der Waals surface area contributed by atoms with Crippen LogP contribution in [0.25, 0.3) is 0 Å². The average Bonchev–Trinajstić information content (AvgIpc) is 2.44. The first-order valence-corrected chi connectivity index (χ1v) is 6.55. The molecule has 0 saturated heterocycles. The summed E-state index contributed by atoms with van der Waals surface area (Å²) in [5.41, 5.74) is -1.01. The molecule has 0 aliphatic rings. The van der Waals surface area contributed by atoms with Crippen LogP contribution >= 0.6 is 0 Å². The van der Waals surface area contributed by atoms with Gasteiger partial charge in [-0.2, -0.15) is 0 Å². The fourth-order valence-electron chi connectivity index (χ4n) is 1.59. The number of rotatable bonds is 8. The molecule has 0 atom stereocenters. The van der Waals surface area contributed by atoms with Crippen molar-refractivity contribution < 1.29 is 28.2 Å². The molecule has 1 aromatic rings. The summed E-state index contributed by atoms with van der Waals surface area (Å²) in [6, 6.07) is 1.07. The molecule has 0 spiro atoms. The smallest absolute Gasteiger partial charge is 0.336 e. The van der Waals surface area contributed by atoms with Gasteiger partial charge >= 0.3 is 5.97 Å². The van der Waals surface area contributed by atoms with Crippen molar-refractivity contribution in [2.45, 2.75) is 19.8 Å². The maximum absolute atomic E-state index is 13.1. The third kappa shape index (κ3) is 5.11. The Morgan fingerprint density at radius 3 is 2.38 bits per heavy atom. The zero-order valence-electron chi connectivity index (χ0n) is 11.6. The number of hydrogen-bond acceptors (Lipinski definition) is 3. The van der Waals surface area contributed by atoms with Crippen LogP contribution < -0.4 is 5.32 Å². The molecule has 0 saturated carbocycles. The molecule has 0 aliphatic heterocycles. The molecular weight excluding hydrogens is 284 g/mol. The topological polar surface area (TPSA) is 75.6 Å². The summed E-state index contributed by atoms with van der Waals surface area (Å²) in [4.78, 5) is 22.7. The van der Waals surface area contributed by atoms with Gasteiger partial charge in [0, 0.05) is 13.2 Å². The Morgan fingerprint density at radius 2 is 1.81 bits per heavy atom. The first kappa shape index (κ1) is 17.0. The van der Waals surface area contributed by atoms with Gasteiger partial charge in [-0.25, -0.2) is 13.6 Å². The number of halogens is 2. The van der Waals surface area contributed by atoms with Crippen molar-refractivity contribution in [2.75, 3.05) is 19.8 Å². The lowest BCUT2D eigenvalue weighted by Crippen LogP contribution is -2.29. The molecule has 0 fully saturated rings. The van der Waals surface area contributed by atoms with Crippen molar-refractivity contribution in [1.29, 1.82) is 0 Å². The fourth-order valence-corrected chi connectivity index (χ4v) is 1.59. The maximum atomic E-state index is 13.1. The summed E-state index contributed by atoms with van der Waals surface area (Å²) in [5.74, 6) is -4.88. The van der Waals surface area contributed by atoms with Gasteiger partial charge in [-0.1, -0.05) is 13.3 Å². The van der Waals surface area contributed by atoms with Crippen molar-refractivity contribution in [3.05, 3.63) is 34.9 Å². The van der Waals surface area contributed by atoms with Gasteiger partial charge in [0.25, 0.3) is 5.91 Å². The van der Waals surface area contributed by atoms with E-state index in [1.54, 1.807) is 0 Å². The molecule has 0 aromatic heterocycles. The molecule has 2 N–H and O–H groups in total. The van der Waals surface area contributed by atoms with E-state index in [0.717, 1.165) is 12.8 Å². The van der Waals surface area contributed by atoms with Crippen LogP contribution in [-0.4, -0.2) is 36.7 Å². The fraction of sp³-hybridized carbons (Fsp3) is 0.429. The minimum absolute atomic E-state index is 0.153. The first-order chi connectivity index (χ1) is 9.97. The second-order valence-corrected chi connectivity index (χ2v) is 4.34. The van der Waals surface area contributed by atoms with Gasteiger partial charge in [-0.05, 0) is 18.6 Å². The highest BCUT2D eigenvalue weighted by molar-refractivity contribution is 6.04. The molecule has 5 nitrogen and oxygen atoms in total. The minimum atomic E-state index is -1.50. The van der Waals surface area contributed by atoms with Crippen LogP contribution in [0.15, 0.2) is 12.1 Å². The molecule has 1 aromatic carbocycles. The Hall–Kier alpha value is -2.02. The highest BCUT2D eigenvalue weighted by Crippen LogP contribution is 2.15. The van der Waals surface area contributed by atoms with Crippen LogP contribution in [0.5, 0.6) is 0 Å². The first-order valence-electron chi connectivity index (χ1n) is 6.55. The van der Waals surface area contributed by atoms with Crippen molar-refractivity contribution in [1.82, 2.24) is 5.32 Å². The van der Waals surface area contributed by atoms with E-state index in [0.29, 0.717) is 18.7 Å². The number of aromatic carboxylic acids is 1. The quantitative estimate of drug-likeness (QED) is 0.722. The summed E-state index contributed by atoms with van der Waals surface area (Å²) >= 11 is 0. The van der Waals surface area contributed by atoms with Crippen LogP contribution in [0.1, 0.15) is 40.5 Å². The van der Waals surface area contributed by atoms with Crippen molar-refractivity contribution in [3.63, 3.8) is 0 Å². The maximum Gasteiger partial charge on any atom is 0.336 e. The van der Waals surface area contributed by atoms with E-state index < -0.39 is 34.6 Å². The number of amides is 1. The third-order valence-corrected chi connectivity index (χ3v) is 2.71. The van der Waals surface area contributed by atoms with Crippen molar-refractivity contribution in [2.24, 2.45) is 0 Å². The summed E-state index contributed by atoms with van der Waals surface area (Å²) in [6.07, 6.45) is 1.89. The number of nitrogens with one attached hydrogen (secondary N) is 1. The lowest BCUT2D eigenvalue weighted by molar-refractivity contribution is 0.0689. The summed E-state index contributed by atoms with van der Waals surface area (Å²) < 4.78 is 31.4. The monoisotopic (exact) mass is 301 g/mol. The minimum Gasteiger partial charge on any atom is -0.478 e. The highest BCUT2D eigenvalue weighted by Gasteiger charge is 2.20. The van der Waals surface area contributed by atoms with Crippen LogP contribution in [-0.2, 0) is 4.74 Å². The van der Waals surface area contributed by atoms with Gasteiger partial charge in [0.2, 0.25) is 0 Å². The number of unbranched alkanes of at least 4 members (excludes halogenated alkanes) is 1.